The van der Waals surface area contributed by atoms with Gasteiger partial charge in [-0.1, -0.05) is 12.1 Å². The lowest BCUT2D eigenvalue weighted by Crippen LogP contribution is -2.32. The van der Waals surface area contributed by atoms with Crippen molar-refractivity contribution in [2.75, 3.05) is 16.9 Å². The van der Waals surface area contributed by atoms with Crippen LogP contribution in [0.1, 0.15) is 64.5 Å². The molecule has 0 unspecified atom stereocenters. The fourth-order valence-electron chi connectivity index (χ4n) is 5.04. The zero-order valence-corrected chi connectivity index (χ0v) is 21.9. The maximum atomic E-state index is 13.8. The number of nitrogen functional groups attached to an aromatic ring is 1. The van der Waals surface area contributed by atoms with Gasteiger partial charge in [0.2, 0.25) is 0 Å². The van der Waals surface area contributed by atoms with Gasteiger partial charge in [-0.15, -0.1) is 0 Å². The second kappa shape index (κ2) is 9.14. The van der Waals surface area contributed by atoms with Crippen molar-refractivity contribution < 1.29 is 17.9 Å². The summed E-state index contributed by atoms with van der Waals surface area (Å²) in [4.78, 5) is 28.5. The summed E-state index contributed by atoms with van der Waals surface area (Å²) < 4.78 is 31.0. The lowest BCUT2D eigenvalue weighted by atomic mass is 10.0. The van der Waals surface area contributed by atoms with Crippen molar-refractivity contribution >= 4 is 38.2 Å². The number of anilines is 2. The van der Waals surface area contributed by atoms with Crippen LogP contribution >= 0.6 is 0 Å². The molecule has 10 heteroatoms. The number of fused-ring (bicyclic) bond motifs is 3. The van der Waals surface area contributed by atoms with E-state index in [1.54, 1.807) is 24.4 Å². The number of ether oxygens (including phenoxy) is 1. The number of nitrogens with two attached hydrogens (primary N) is 1. The van der Waals surface area contributed by atoms with E-state index in [-0.39, 0.29) is 29.3 Å². The molecular formula is C28H27N5O4S. The molecule has 0 bridgehead atoms. The number of hydrogen-bond donors (Lipinski definition) is 1. The minimum atomic E-state index is -3.71. The molecule has 1 aromatic carbocycles. The van der Waals surface area contributed by atoms with E-state index >= 15 is 0 Å². The predicted molar refractivity (Wildman–Crippen MR) is 143 cm³/mol. The number of nitrogens with zero attached hydrogens (tertiary/aromatic N) is 4. The van der Waals surface area contributed by atoms with Crippen LogP contribution in [0, 0.1) is 0 Å². The molecule has 4 heterocycles. The van der Waals surface area contributed by atoms with Crippen LogP contribution in [0.2, 0.25) is 0 Å². The van der Waals surface area contributed by atoms with Crippen LogP contribution in [0.3, 0.4) is 0 Å². The Morgan fingerprint density at radius 1 is 1.16 bits per heavy atom. The highest BCUT2D eigenvalue weighted by molar-refractivity contribution is 7.90. The summed E-state index contributed by atoms with van der Waals surface area (Å²) in [5.41, 5.74) is 11.2. The van der Waals surface area contributed by atoms with Crippen LogP contribution in [0.5, 0.6) is 0 Å². The normalized spacial score (nSPS) is 16.9. The average Bonchev–Trinajstić information content (AvgIpc) is 3.68. The molecule has 1 saturated carbocycles. The SMILES string of the molecule is C[C@H]1OCc2c1c(N)nc1cc(CN(C(=O)c3ccc(C4CC4)nc3)c3cccnc3S(C)(=O)=O)ccc21. The Hall–Kier alpha value is -3.89. The van der Waals surface area contributed by atoms with Gasteiger partial charge in [0.1, 0.15) is 5.82 Å². The zero-order valence-electron chi connectivity index (χ0n) is 21.1. The number of rotatable bonds is 6. The summed E-state index contributed by atoms with van der Waals surface area (Å²) in [6, 6.07) is 12.6. The van der Waals surface area contributed by atoms with Gasteiger partial charge in [-0.2, -0.15) is 0 Å². The molecule has 2 aliphatic rings. The van der Waals surface area contributed by atoms with E-state index in [0.717, 1.165) is 46.9 Å². The highest BCUT2D eigenvalue weighted by Gasteiger charge is 2.29. The highest BCUT2D eigenvalue weighted by atomic mass is 32.2. The van der Waals surface area contributed by atoms with E-state index in [9.17, 15) is 13.2 Å². The Balaban J connectivity index is 1.42. The van der Waals surface area contributed by atoms with Crippen molar-refractivity contribution in [3.8, 4) is 0 Å². The van der Waals surface area contributed by atoms with Crippen molar-refractivity contribution in [2.45, 2.75) is 50.0 Å². The maximum absolute atomic E-state index is 13.8. The van der Waals surface area contributed by atoms with Gasteiger partial charge in [-0.3, -0.25) is 9.78 Å². The molecule has 1 fully saturated rings. The number of sulfone groups is 1. The number of pyridine rings is 3. The predicted octanol–water partition coefficient (Wildman–Crippen LogP) is 4.33. The molecule has 1 atom stereocenters. The maximum Gasteiger partial charge on any atom is 0.260 e. The van der Waals surface area contributed by atoms with Crippen molar-refractivity contribution in [1.82, 2.24) is 15.0 Å². The number of aromatic nitrogens is 3. The van der Waals surface area contributed by atoms with Crippen LogP contribution in [0.15, 0.2) is 59.9 Å². The summed E-state index contributed by atoms with van der Waals surface area (Å²) in [5, 5.41) is 0.779. The quantitative estimate of drug-likeness (QED) is 0.391. The third-order valence-electron chi connectivity index (χ3n) is 7.12. The molecule has 6 rings (SSSR count). The Morgan fingerprint density at radius 2 is 1.97 bits per heavy atom. The Bertz CT molecular complexity index is 1680. The fourth-order valence-corrected chi connectivity index (χ4v) is 5.85. The molecular weight excluding hydrogens is 502 g/mol. The lowest BCUT2D eigenvalue weighted by molar-refractivity contribution is 0.0801. The Kier molecular flexibility index (Phi) is 5.88. The molecule has 38 heavy (non-hydrogen) atoms. The summed E-state index contributed by atoms with van der Waals surface area (Å²) in [7, 11) is -3.71. The number of carbonyl (C=O) groups excluding carboxylic acids is 1. The van der Waals surface area contributed by atoms with Gasteiger partial charge in [0.15, 0.2) is 14.9 Å². The van der Waals surface area contributed by atoms with E-state index in [4.69, 9.17) is 10.5 Å². The monoisotopic (exact) mass is 529 g/mol. The van der Waals surface area contributed by atoms with Gasteiger partial charge in [-0.25, -0.2) is 18.4 Å². The van der Waals surface area contributed by atoms with Crippen LogP contribution in [0.4, 0.5) is 11.5 Å². The highest BCUT2D eigenvalue weighted by Crippen LogP contribution is 2.39. The molecule has 4 aromatic rings. The molecule has 0 spiro atoms. The first-order valence-corrected chi connectivity index (χ1v) is 14.3. The standard InChI is InChI=1S/C28H27N5O4S/c1-16-25-21(15-37-16)20-9-5-17(12-23(20)32-26(25)29)14-33(24-4-3-11-30-27(24)38(2,35)36)28(34)19-8-10-22(31-13-19)18-6-7-18/h3-5,8-13,16,18H,6-7,14-15H2,1-2H3,(H2,29,32)/t16-/m1/s1. The van der Waals surface area contributed by atoms with E-state index in [0.29, 0.717) is 29.4 Å². The summed E-state index contributed by atoms with van der Waals surface area (Å²) in [6.07, 6.45) is 6.14. The van der Waals surface area contributed by atoms with Gasteiger partial charge in [0, 0.05) is 41.2 Å². The molecule has 1 aliphatic carbocycles. The van der Waals surface area contributed by atoms with Crippen molar-refractivity contribution in [3.05, 3.63) is 82.8 Å². The van der Waals surface area contributed by atoms with E-state index in [2.05, 4.69) is 15.0 Å². The van der Waals surface area contributed by atoms with Crippen LogP contribution in [0.25, 0.3) is 10.9 Å². The Labute approximate surface area is 220 Å². The van der Waals surface area contributed by atoms with Gasteiger partial charge >= 0.3 is 0 Å². The largest absolute Gasteiger partial charge is 0.383 e. The number of carbonyl (C=O) groups is 1. The van der Waals surface area contributed by atoms with Crippen LogP contribution in [-0.4, -0.2) is 35.5 Å². The number of hydrogen-bond acceptors (Lipinski definition) is 8. The van der Waals surface area contributed by atoms with Crippen LogP contribution in [-0.2, 0) is 27.7 Å². The number of benzene rings is 1. The zero-order chi connectivity index (χ0) is 26.6. The topological polar surface area (TPSA) is 128 Å². The average molecular weight is 530 g/mol. The summed E-state index contributed by atoms with van der Waals surface area (Å²) in [5.74, 6) is 0.510. The van der Waals surface area contributed by atoms with Crippen molar-refractivity contribution in [2.24, 2.45) is 0 Å². The molecule has 1 amide bonds. The van der Waals surface area contributed by atoms with Crippen molar-refractivity contribution in [3.63, 3.8) is 0 Å². The summed E-state index contributed by atoms with van der Waals surface area (Å²) >= 11 is 0. The molecule has 2 N–H and O–H groups in total. The first-order chi connectivity index (χ1) is 18.2. The van der Waals surface area contributed by atoms with Gasteiger partial charge in [0.25, 0.3) is 5.91 Å². The van der Waals surface area contributed by atoms with E-state index in [1.165, 1.54) is 11.1 Å². The summed E-state index contributed by atoms with van der Waals surface area (Å²) in [6.45, 7) is 2.51. The Morgan fingerprint density at radius 3 is 2.68 bits per heavy atom. The lowest BCUT2D eigenvalue weighted by Gasteiger charge is -2.25. The fraction of sp³-hybridized carbons (Fsp3) is 0.286. The molecule has 0 saturated heterocycles. The second-order valence-corrected chi connectivity index (χ2v) is 11.9. The van der Waals surface area contributed by atoms with Gasteiger partial charge in [0.05, 0.1) is 36.0 Å². The van der Waals surface area contributed by atoms with Gasteiger partial charge < -0.3 is 15.4 Å². The second-order valence-electron chi connectivity index (χ2n) is 9.93. The molecule has 194 valence electrons. The molecule has 1 aliphatic heterocycles. The first kappa shape index (κ1) is 24.4. The third-order valence-corrected chi connectivity index (χ3v) is 8.14. The van der Waals surface area contributed by atoms with Crippen LogP contribution < -0.4 is 10.6 Å². The minimum absolute atomic E-state index is 0.0962. The van der Waals surface area contributed by atoms with E-state index in [1.807, 2.05) is 31.2 Å². The van der Waals surface area contributed by atoms with E-state index < -0.39 is 9.84 Å². The minimum Gasteiger partial charge on any atom is -0.383 e. The van der Waals surface area contributed by atoms with Gasteiger partial charge in [-0.05, 0) is 61.2 Å². The molecule has 0 radical (unpaired) electrons. The van der Waals surface area contributed by atoms with Crippen molar-refractivity contribution in [1.29, 1.82) is 0 Å². The number of amides is 1. The third kappa shape index (κ3) is 4.39. The molecule has 9 nitrogen and oxygen atoms in total. The smallest absolute Gasteiger partial charge is 0.260 e. The molecule has 3 aromatic heterocycles. The first-order valence-electron chi connectivity index (χ1n) is 12.5.